The van der Waals surface area contributed by atoms with Crippen molar-refractivity contribution in [2.75, 3.05) is 0 Å². The van der Waals surface area contributed by atoms with Crippen molar-refractivity contribution in [1.82, 2.24) is 4.57 Å². The molecule has 4 aromatic rings. The van der Waals surface area contributed by atoms with Gasteiger partial charge in [-0.25, -0.2) is 8.78 Å². The number of benzene rings is 3. The van der Waals surface area contributed by atoms with E-state index >= 15 is 0 Å². The second-order valence-electron chi connectivity index (χ2n) is 7.93. The average molecular weight is 445 g/mol. The second kappa shape index (κ2) is 8.20. The minimum Gasteiger partial charge on any atom is -0.489 e. The Balaban J connectivity index is 1.45. The maximum Gasteiger partial charge on any atom is 0.232 e. The molecule has 1 aromatic heterocycles. The van der Waals surface area contributed by atoms with Gasteiger partial charge in [0.1, 0.15) is 29.7 Å². The largest absolute Gasteiger partial charge is 0.489 e. The lowest BCUT2D eigenvalue weighted by Crippen LogP contribution is -2.02. The van der Waals surface area contributed by atoms with Crippen LogP contribution in [0.2, 0.25) is 0 Å². The van der Waals surface area contributed by atoms with E-state index in [9.17, 15) is 13.6 Å². The van der Waals surface area contributed by atoms with E-state index in [0.29, 0.717) is 22.6 Å². The summed E-state index contributed by atoms with van der Waals surface area (Å²) in [6.07, 6.45) is 3.76. The third-order valence-corrected chi connectivity index (χ3v) is 5.84. The first-order valence-corrected chi connectivity index (χ1v) is 10.7. The lowest BCUT2D eigenvalue weighted by molar-refractivity contribution is 0.101. The number of allylic oxidation sites excluding steroid dienone is 1. The van der Waals surface area contributed by atoms with Crippen molar-refractivity contribution in [2.45, 2.75) is 27.0 Å². The van der Waals surface area contributed by atoms with Gasteiger partial charge in [-0.15, -0.1) is 0 Å². The third kappa shape index (κ3) is 3.67. The minimum absolute atomic E-state index is 0.152. The van der Waals surface area contributed by atoms with Gasteiger partial charge >= 0.3 is 0 Å². The lowest BCUT2D eigenvalue weighted by Gasteiger charge is -2.10. The fraction of sp³-hybridized carbons (Fsp3) is 0.148. The molecule has 0 N–H and O–H groups in total. The summed E-state index contributed by atoms with van der Waals surface area (Å²) in [7, 11) is 0. The quantitative estimate of drug-likeness (QED) is 0.332. The molecule has 0 amide bonds. The molecular formula is C27H21F2NO3. The molecule has 3 aromatic carbocycles. The molecule has 33 heavy (non-hydrogen) atoms. The lowest BCUT2D eigenvalue weighted by atomic mass is 10.0. The number of hydrogen-bond acceptors (Lipinski definition) is 3. The number of carbonyl (C=O) groups is 1. The van der Waals surface area contributed by atoms with E-state index in [-0.39, 0.29) is 23.7 Å². The first-order valence-electron chi connectivity index (χ1n) is 10.7. The SMILES string of the molecule is CCn1cc(/C=C2\Oc3cc(OCc4c(F)cccc4F)cc(C)c3C2=O)c2ccccc21. The number of ketones is 1. The van der Waals surface area contributed by atoms with Crippen LogP contribution in [0.5, 0.6) is 11.5 Å². The number of hydrogen-bond donors (Lipinski definition) is 0. The number of halogens is 2. The Morgan fingerprint density at radius 1 is 1.06 bits per heavy atom. The van der Waals surface area contributed by atoms with E-state index in [1.165, 1.54) is 18.2 Å². The fourth-order valence-corrected chi connectivity index (χ4v) is 4.18. The highest BCUT2D eigenvalue weighted by Gasteiger charge is 2.30. The summed E-state index contributed by atoms with van der Waals surface area (Å²) in [4.78, 5) is 13.1. The first-order chi connectivity index (χ1) is 16.0. The predicted octanol–water partition coefficient (Wildman–Crippen LogP) is 6.44. The van der Waals surface area contributed by atoms with Crippen LogP contribution in [0.4, 0.5) is 8.78 Å². The number of aryl methyl sites for hydroxylation is 2. The van der Waals surface area contributed by atoms with E-state index in [1.807, 2.05) is 30.5 Å². The standard InChI is InChI=1S/C27H21F2NO3/c1-3-30-14-17(19-7-4-5-10-23(19)30)12-25-27(31)26-16(2)11-18(13-24(26)33-25)32-15-20-21(28)8-6-9-22(20)29/h4-14H,3,15H2,1-2H3/b25-12-. The molecule has 166 valence electrons. The number of rotatable bonds is 5. The highest BCUT2D eigenvalue weighted by molar-refractivity contribution is 6.16. The van der Waals surface area contributed by atoms with Gasteiger partial charge in [0.25, 0.3) is 0 Å². The van der Waals surface area contributed by atoms with Crippen LogP contribution in [0, 0.1) is 18.6 Å². The molecule has 0 saturated heterocycles. The van der Waals surface area contributed by atoms with Crippen molar-refractivity contribution >= 4 is 22.8 Å². The minimum atomic E-state index is -0.671. The maximum atomic E-state index is 13.9. The molecule has 0 spiro atoms. The van der Waals surface area contributed by atoms with Crippen LogP contribution < -0.4 is 9.47 Å². The van der Waals surface area contributed by atoms with Crippen molar-refractivity contribution in [3.8, 4) is 11.5 Å². The smallest absolute Gasteiger partial charge is 0.232 e. The molecule has 0 saturated carbocycles. The monoisotopic (exact) mass is 445 g/mol. The molecule has 0 aliphatic carbocycles. The molecule has 5 rings (SSSR count). The van der Waals surface area contributed by atoms with Crippen molar-refractivity contribution in [2.24, 2.45) is 0 Å². The Bertz CT molecular complexity index is 1410. The number of fused-ring (bicyclic) bond motifs is 2. The van der Waals surface area contributed by atoms with Gasteiger partial charge in [-0.3, -0.25) is 4.79 Å². The van der Waals surface area contributed by atoms with E-state index < -0.39 is 11.6 Å². The molecule has 0 radical (unpaired) electrons. The number of carbonyl (C=O) groups excluding carboxylic acids is 1. The van der Waals surface area contributed by atoms with Gasteiger partial charge in [0, 0.05) is 35.3 Å². The van der Waals surface area contributed by atoms with Gasteiger partial charge in [0.05, 0.1) is 11.1 Å². The van der Waals surface area contributed by atoms with E-state index in [0.717, 1.165) is 23.0 Å². The van der Waals surface area contributed by atoms with Gasteiger partial charge in [0.15, 0.2) is 5.76 Å². The molecule has 0 fully saturated rings. The Hall–Kier alpha value is -3.93. The number of para-hydroxylation sites is 1. The molecule has 0 atom stereocenters. The number of nitrogens with zero attached hydrogens (tertiary/aromatic N) is 1. The summed E-state index contributed by atoms with van der Waals surface area (Å²) in [6.45, 7) is 4.38. The van der Waals surface area contributed by atoms with Crippen LogP contribution in [-0.2, 0) is 13.2 Å². The summed E-state index contributed by atoms with van der Waals surface area (Å²) in [5.41, 5.74) is 2.96. The van der Waals surface area contributed by atoms with Crippen LogP contribution in [0.3, 0.4) is 0 Å². The normalized spacial score (nSPS) is 14.1. The summed E-state index contributed by atoms with van der Waals surface area (Å²) in [5, 5.41) is 1.03. The van der Waals surface area contributed by atoms with Crippen molar-refractivity contribution in [3.05, 3.63) is 100 Å². The van der Waals surface area contributed by atoms with E-state index in [1.54, 1.807) is 25.1 Å². The Morgan fingerprint density at radius 2 is 1.82 bits per heavy atom. The Labute approximate surface area is 189 Å². The fourth-order valence-electron chi connectivity index (χ4n) is 4.18. The van der Waals surface area contributed by atoms with E-state index in [4.69, 9.17) is 9.47 Å². The van der Waals surface area contributed by atoms with Gasteiger partial charge in [-0.1, -0.05) is 24.3 Å². The first kappa shape index (κ1) is 20.9. The predicted molar refractivity (Wildman–Crippen MR) is 122 cm³/mol. The number of aromatic nitrogens is 1. The van der Waals surface area contributed by atoms with Crippen LogP contribution in [0.25, 0.3) is 17.0 Å². The van der Waals surface area contributed by atoms with Gasteiger partial charge in [-0.05, 0) is 49.8 Å². The summed E-state index contributed by atoms with van der Waals surface area (Å²) >= 11 is 0. The van der Waals surface area contributed by atoms with Crippen molar-refractivity contribution in [3.63, 3.8) is 0 Å². The average Bonchev–Trinajstić information content (AvgIpc) is 3.31. The summed E-state index contributed by atoms with van der Waals surface area (Å²) < 4.78 is 41.5. The highest BCUT2D eigenvalue weighted by Crippen LogP contribution is 2.38. The number of ether oxygens (including phenoxy) is 2. The van der Waals surface area contributed by atoms with Crippen molar-refractivity contribution in [1.29, 1.82) is 0 Å². The molecular weight excluding hydrogens is 424 g/mol. The maximum absolute atomic E-state index is 13.9. The van der Waals surface area contributed by atoms with Crippen LogP contribution in [0.1, 0.15) is 34.0 Å². The number of Topliss-reactive ketones (excluding diaryl/α,β-unsaturated/α-hetero) is 1. The van der Waals surface area contributed by atoms with Crippen LogP contribution in [-0.4, -0.2) is 10.4 Å². The topological polar surface area (TPSA) is 40.5 Å². The molecule has 1 aliphatic rings. The zero-order chi connectivity index (χ0) is 23.1. The van der Waals surface area contributed by atoms with Crippen LogP contribution >= 0.6 is 0 Å². The van der Waals surface area contributed by atoms with Gasteiger partial charge < -0.3 is 14.0 Å². The molecule has 4 nitrogen and oxygen atoms in total. The molecule has 0 bridgehead atoms. The van der Waals surface area contributed by atoms with Crippen molar-refractivity contribution < 1.29 is 23.0 Å². The van der Waals surface area contributed by atoms with Gasteiger partial charge in [0.2, 0.25) is 5.78 Å². The molecule has 2 heterocycles. The third-order valence-electron chi connectivity index (χ3n) is 5.84. The summed E-state index contributed by atoms with van der Waals surface area (Å²) in [6, 6.07) is 14.9. The zero-order valence-electron chi connectivity index (χ0n) is 18.2. The van der Waals surface area contributed by atoms with E-state index in [2.05, 4.69) is 11.5 Å². The summed E-state index contributed by atoms with van der Waals surface area (Å²) in [5.74, 6) is -0.585. The molecule has 1 aliphatic heterocycles. The zero-order valence-corrected chi connectivity index (χ0v) is 18.2. The molecule has 0 unspecified atom stereocenters. The second-order valence-corrected chi connectivity index (χ2v) is 7.93. The highest BCUT2D eigenvalue weighted by atomic mass is 19.1. The van der Waals surface area contributed by atoms with Crippen LogP contribution in [0.15, 0.2) is 66.6 Å². The Morgan fingerprint density at radius 3 is 2.58 bits per heavy atom. The Kier molecular flexibility index (Phi) is 5.21. The molecule has 6 heteroatoms. The van der Waals surface area contributed by atoms with Gasteiger partial charge in [-0.2, -0.15) is 0 Å².